The highest BCUT2D eigenvalue weighted by atomic mass is 79.9. The first-order valence-electron chi connectivity index (χ1n) is 11.4. The molecule has 0 amide bonds. The van der Waals surface area contributed by atoms with E-state index in [2.05, 4.69) is 119 Å². The summed E-state index contributed by atoms with van der Waals surface area (Å²) in [5.41, 5.74) is 10.9. The van der Waals surface area contributed by atoms with Crippen LogP contribution in [0.4, 0.5) is 11.4 Å². The van der Waals surface area contributed by atoms with Gasteiger partial charge in [0.05, 0.1) is 28.5 Å². The largest absolute Gasteiger partial charge is 0.367 e. The lowest BCUT2D eigenvalue weighted by molar-refractivity contribution is 0.820. The van der Waals surface area contributed by atoms with E-state index in [1.165, 1.54) is 44.8 Å². The van der Waals surface area contributed by atoms with E-state index in [1.807, 2.05) is 0 Å². The van der Waals surface area contributed by atoms with Crippen molar-refractivity contribution in [3.63, 3.8) is 0 Å². The van der Waals surface area contributed by atoms with Crippen molar-refractivity contribution in [3.8, 4) is 0 Å². The Balaban J connectivity index is 2.47. The molecule has 0 aliphatic heterocycles. The zero-order chi connectivity index (χ0) is 22.7. The zero-order valence-corrected chi connectivity index (χ0v) is 22.2. The highest BCUT2D eigenvalue weighted by Gasteiger charge is 2.21. The van der Waals surface area contributed by atoms with Crippen molar-refractivity contribution < 1.29 is 0 Å². The second-order valence-electron chi connectivity index (χ2n) is 9.93. The fraction of sp³-hybridized carbons (Fsp3) is 0.556. The standard InChI is InChI=1S/C27H41BrN2/c1-16(2)22-11-20(9)12-23(17(3)4)26(22)29-15-30(28)27-24(18(5)6)13-21(10)14-25(27)19(7)8/h11-14,16-19,29H,15H2,1-10H3. The lowest BCUT2D eigenvalue weighted by Crippen LogP contribution is -2.23. The van der Waals surface area contributed by atoms with Crippen molar-refractivity contribution in [2.24, 2.45) is 0 Å². The van der Waals surface area contributed by atoms with Crippen LogP contribution >= 0.6 is 16.1 Å². The Morgan fingerprint density at radius 2 is 1.00 bits per heavy atom. The molecule has 0 atom stereocenters. The van der Waals surface area contributed by atoms with Gasteiger partial charge in [-0.3, -0.25) is 3.93 Å². The summed E-state index contributed by atoms with van der Waals surface area (Å²) in [5.74, 6) is 1.89. The van der Waals surface area contributed by atoms with Crippen LogP contribution in [0.2, 0.25) is 0 Å². The number of nitrogens with one attached hydrogen (secondary N) is 1. The SMILES string of the molecule is Cc1cc(C(C)C)c(NCN(Br)c2c(C(C)C)cc(C)cc2C(C)C)c(C(C)C)c1. The van der Waals surface area contributed by atoms with E-state index in [1.54, 1.807) is 0 Å². The molecule has 166 valence electrons. The Kier molecular flexibility index (Phi) is 8.44. The lowest BCUT2D eigenvalue weighted by Gasteiger charge is -2.29. The van der Waals surface area contributed by atoms with Crippen LogP contribution in [0.1, 0.15) is 112 Å². The molecule has 0 saturated carbocycles. The summed E-state index contributed by atoms with van der Waals surface area (Å²) in [5, 5.41) is 3.80. The maximum absolute atomic E-state index is 3.91. The minimum absolute atomic E-state index is 0.467. The van der Waals surface area contributed by atoms with Gasteiger partial charge in [-0.1, -0.05) is 90.8 Å². The molecular weight excluding hydrogens is 432 g/mol. The van der Waals surface area contributed by atoms with Crippen molar-refractivity contribution in [1.29, 1.82) is 0 Å². The number of benzene rings is 2. The number of aryl methyl sites for hydroxylation is 2. The quantitative estimate of drug-likeness (QED) is 0.304. The third-order valence-electron chi connectivity index (χ3n) is 5.78. The van der Waals surface area contributed by atoms with Gasteiger partial charge in [0.15, 0.2) is 0 Å². The molecule has 3 heteroatoms. The van der Waals surface area contributed by atoms with Gasteiger partial charge in [0.25, 0.3) is 0 Å². The monoisotopic (exact) mass is 472 g/mol. The average Bonchev–Trinajstić information content (AvgIpc) is 2.64. The van der Waals surface area contributed by atoms with Crippen LogP contribution in [0, 0.1) is 13.8 Å². The van der Waals surface area contributed by atoms with Crippen LogP contribution in [-0.2, 0) is 0 Å². The van der Waals surface area contributed by atoms with E-state index in [9.17, 15) is 0 Å². The number of rotatable bonds is 8. The van der Waals surface area contributed by atoms with Gasteiger partial charge in [0.1, 0.15) is 0 Å². The van der Waals surface area contributed by atoms with Gasteiger partial charge in [-0.05, 0) is 59.8 Å². The summed E-state index contributed by atoms with van der Waals surface area (Å²) in [6.07, 6.45) is 0. The molecule has 0 unspecified atom stereocenters. The summed E-state index contributed by atoms with van der Waals surface area (Å²) >= 11 is 3.91. The minimum atomic E-state index is 0.467. The normalized spacial score (nSPS) is 11.8. The van der Waals surface area contributed by atoms with Crippen LogP contribution in [0.25, 0.3) is 0 Å². The molecule has 0 aliphatic rings. The maximum Gasteiger partial charge on any atom is 0.0985 e. The number of hydrogen-bond donors (Lipinski definition) is 1. The van der Waals surface area contributed by atoms with Crippen LogP contribution < -0.4 is 9.24 Å². The highest BCUT2D eigenvalue weighted by molar-refractivity contribution is 9.10. The third-order valence-corrected chi connectivity index (χ3v) is 6.39. The molecule has 2 aromatic carbocycles. The van der Waals surface area contributed by atoms with Crippen LogP contribution in [0.5, 0.6) is 0 Å². The van der Waals surface area contributed by atoms with Gasteiger partial charge in [0, 0.05) is 5.69 Å². The van der Waals surface area contributed by atoms with Gasteiger partial charge >= 0.3 is 0 Å². The molecule has 1 N–H and O–H groups in total. The minimum Gasteiger partial charge on any atom is -0.367 e. The van der Waals surface area contributed by atoms with Crippen molar-refractivity contribution in [3.05, 3.63) is 57.6 Å². The molecule has 0 saturated heterocycles. The Labute approximate surface area is 193 Å². The van der Waals surface area contributed by atoms with Crippen LogP contribution in [0.3, 0.4) is 0 Å². The van der Waals surface area contributed by atoms with E-state index in [-0.39, 0.29) is 0 Å². The zero-order valence-electron chi connectivity index (χ0n) is 20.7. The number of halogens is 1. The Bertz CT molecular complexity index is 807. The molecule has 30 heavy (non-hydrogen) atoms. The van der Waals surface area contributed by atoms with Gasteiger partial charge in [-0.25, -0.2) is 0 Å². The molecule has 0 bridgehead atoms. The fourth-order valence-corrected chi connectivity index (χ4v) is 4.72. The predicted molar refractivity (Wildman–Crippen MR) is 139 cm³/mol. The molecule has 0 aliphatic carbocycles. The predicted octanol–water partition coefficient (Wildman–Crippen LogP) is 8.98. The lowest BCUT2D eigenvalue weighted by atomic mass is 9.90. The first kappa shape index (κ1) is 24.8. The molecule has 0 fully saturated rings. The van der Waals surface area contributed by atoms with E-state index in [4.69, 9.17) is 0 Å². The maximum atomic E-state index is 3.91. The third kappa shape index (κ3) is 5.60. The van der Waals surface area contributed by atoms with Gasteiger partial charge in [-0.15, -0.1) is 0 Å². The number of nitrogens with zero attached hydrogens (tertiary/aromatic N) is 1. The van der Waals surface area contributed by atoms with E-state index < -0.39 is 0 Å². The van der Waals surface area contributed by atoms with Gasteiger partial charge in [0.2, 0.25) is 0 Å². The van der Waals surface area contributed by atoms with E-state index in [0.717, 1.165) is 0 Å². The van der Waals surface area contributed by atoms with Gasteiger partial charge < -0.3 is 5.32 Å². The second-order valence-corrected chi connectivity index (χ2v) is 10.8. The molecule has 2 aromatic rings. The van der Waals surface area contributed by atoms with Crippen molar-refractivity contribution in [2.45, 2.75) is 92.9 Å². The Morgan fingerprint density at radius 1 is 0.667 bits per heavy atom. The fourth-order valence-electron chi connectivity index (χ4n) is 4.18. The molecule has 2 rings (SSSR count). The number of hydrogen-bond acceptors (Lipinski definition) is 2. The molecular formula is C27H41BrN2. The molecule has 0 spiro atoms. The van der Waals surface area contributed by atoms with Gasteiger partial charge in [-0.2, -0.15) is 0 Å². The van der Waals surface area contributed by atoms with E-state index in [0.29, 0.717) is 30.3 Å². The summed E-state index contributed by atoms with van der Waals surface area (Å²) in [7, 11) is 0. The molecule has 2 nitrogen and oxygen atoms in total. The van der Waals surface area contributed by atoms with Crippen molar-refractivity contribution in [1.82, 2.24) is 0 Å². The average molecular weight is 474 g/mol. The molecule has 0 radical (unpaired) electrons. The van der Waals surface area contributed by atoms with E-state index >= 15 is 0 Å². The number of anilines is 2. The summed E-state index contributed by atoms with van der Waals surface area (Å²) in [6, 6.07) is 9.35. The summed E-state index contributed by atoms with van der Waals surface area (Å²) in [4.78, 5) is 0. The summed E-state index contributed by atoms with van der Waals surface area (Å²) in [6.45, 7) is 23.4. The summed E-state index contributed by atoms with van der Waals surface area (Å²) < 4.78 is 2.23. The van der Waals surface area contributed by atoms with Crippen molar-refractivity contribution in [2.75, 3.05) is 15.9 Å². The molecule has 0 aromatic heterocycles. The Hall–Kier alpha value is -1.48. The first-order chi connectivity index (χ1) is 13.9. The first-order valence-corrected chi connectivity index (χ1v) is 12.1. The molecule has 0 heterocycles. The second kappa shape index (κ2) is 10.2. The van der Waals surface area contributed by atoms with Crippen LogP contribution in [0.15, 0.2) is 24.3 Å². The topological polar surface area (TPSA) is 15.3 Å². The Morgan fingerprint density at radius 3 is 1.33 bits per heavy atom. The smallest absolute Gasteiger partial charge is 0.0985 e. The highest BCUT2D eigenvalue weighted by Crippen LogP contribution is 2.39. The van der Waals surface area contributed by atoms with Crippen LogP contribution in [-0.4, -0.2) is 6.67 Å². The van der Waals surface area contributed by atoms with Crippen molar-refractivity contribution >= 4 is 27.5 Å².